The van der Waals surface area contributed by atoms with E-state index in [0.717, 1.165) is 0 Å². The third kappa shape index (κ3) is 4.21. The van der Waals surface area contributed by atoms with Crippen molar-refractivity contribution in [1.82, 2.24) is 10.2 Å². The van der Waals surface area contributed by atoms with Crippen LogP contribution in [0.1, 0.15) is 41.5 Å². The van der Waals surface area contributed by atoms with E-state index in [9.17, 15) is 9.90 Å². The first kappa shape index (κ1) is 15.3. The monoisotopic (exact) mass is 296 g/mol. The van der Waals surface area contributed by atoms with E-state index >= 15 is 0 Å². The van der Waals surface area contributed by atoms with E-state index in [2.05, 4.69) is 11.4 Å². The summed E-state index contributed by atoms with van der Waals surface area (Å²) in [5, 5.41) is 12.2. The Bertz CT molecular complexity index is 433. The van der Waals surface area contributed by atoms with Crippen molar-refractivity contribution in [3.05, 3.63) is 21.4 Å². The third-order valence-corrected chi connectivity index (χ3v) is 4.83. The predicted octanol–water partition coefficient (Wildman–Crippen LogP) is 2.54. The fraction of sp³-hybridized carbons (Fsp3) is 0.667. The highest BCUT2D eigenvalue weighted by atomic mass is 32.1. The van der Waals surface area contributed by atoms with Crippen LogP contribution in [0.5, 0.6) is 0 Å². The summed E-state index contributed by atoms with van der Waals surface area (Å²) >= 11 is 1.83. The Labute approximate surface area is 124 Å². The highest BCUT2D eigenvalue weighted by Gasteiger charge is 2.14. The molecule has 0 saturated heterocycles. The van der Waals surface area contributed by atoms with Gasteiger partial charge in [0.2, 0.25) is 0 Å². The van der Waals surface area contributed by atoms with Crippen LogP contribution in [0.25, 0.3) is 0 Å². The zero-order valence-electron chi connectivity index (χ0n) is 12.3. The van der Waals surface area contributed by atoms with Crippen LogP contribution in [0, 0.1) is 0 Å². The van der Waals surface area contributed by atoms with Crippen LogP contribution in [0.4, 0.5) is 4.79 Å². The number of rotatable bonds is 4. The van der Waals surface area contributed by atoms with Crippen LogP contribution in [0.3, 0.4) is 0 Å². The summed E-state index contributed by atoms with van der Waals surface area (Å²) in [6.45, 7) is 2.62. The molecular weight excluding hydrogens is 272 g/mol. The van der Waals surface area contributed by atoms with E-state index in [4.69, 9.17) is 0 Å². The normalized spacial score (nSPS) is 16.1. The van der Waals surface area contributed by atoms with Gasteiger partial charge in [0, 0.05) is 23.3 Å². The molecule has 1 aromatic heterocycles. The summed E-state index contributed by atoms with van der Waals surface area (Å²) in [5.41, 5.74) is 1.48. The van der Waals surface area contributed by atoms with Gasteiger partial charge in [0.1, 0.15) is 0 Å². The number of nitrogens with one attached hydrogen (secondary N) is 1. The first-order valence-corrected chi connectivity index (χ1v) is 8.15. The molecule has 0 unspecified atom stereocenters. The number of aliphatic hydroxyl groups excluding tert-OH is 1. The van der Waals surface area contributed by atoms with Crippen LogP contribution >= 0.6 is 11.3 Å². The molecule has 0 bridgehead atoms. The second-order valence-corrected chi connectivity index (χ2v) is 6.83. The number of aliphatic hydroxyl groups is 1. The maximum Gasteiger partial charge on any atom is 0.317 e. The lowest BCUT2D eigenvalue weighted by atomic mass is 10.1. The Kier molecular flexibility index (Phi) is 5.43. The highest BCUT2D eigenvalue weighted by molar-refractivity contribution is 7.12. The second-order valence-electron chi connectivity index (χ2n) is 5.61. The van der Waals surface area contributed by atoms with Crippen molar-refractivity contribution in [3.8, 4) is 0 Å². The third-order valence-electron chi connectivity index (χ3n) is 3.60. The van der Waals surface area contributed by atoms with Crippen molar-refractivity contribution < 1.29 is 9.90 Å². The maximum absolute atomic E-state index is 11.9. The minimum absolute atomic E-state index is 0.130. The summed E-state index contributed by atoms with van der Waals surface area (Å²) in [5.74, 6) is 0. The number of nitrogens with zero attached hydrogens (tertiary/aromatic N) is 1. The number of hydrogen-bond acceptors (Lipinski definition) is 3. The minimum atomic E-state index is -0.497. The Balaban J connectivity index is 1.86. The number of hydrogen-bond donors (Lipinski definition) is 2. The number of amides is 2. The molecule has 0 fully saturated rings. The quantitative estimate of drug-likeness (QED) is 0.839. The summed E-state index contributed by atoms with van der Waals surface area (Å²) in [6.07, 6.45) is 5.78. The largest absolute Gasteiger partial charge is 0.392 e. The minimum Gasteiger partial charge on any atom is -0.392 e. The van der Waals surface area contributed by atoms with Gasteiger partial charge in [0.05, 0.1) is 12.6 Å². The average molecular weight is 296 g/mol. The van der Waals surface area contributed by atoms with Crippen molar-refractivity contribution in [2.45, 2.75) is 51.7 Å². The molecule has 2 amide bonds. The molecule has 0 aliphatic heterocycles. The maximum atomic E-state index is 11.9. The lowest BCUT2D eigenvalue weighted by Gasteiger charge is -2.19. The summed E-state index contributed by atoms with van der Waals surface area (Å²) in [4.78, 5) is 16.1. The summed E-state index contributed by atoms with van der Waals surface area (Å²) < 4.78 is 0. The number of carbonyl (C=O) groups is 1. The molecule has 0 saturated carbocycles. The summed E-state index contributed by atoms with van der Waals surface area (Å²) in [6, 6.07) is 2.12. The van der Waals surface area contributed by atoms with Gasteiger partial charge in [0.15, 0.2) is 0 Å². The lowest BCUT2D eigenvalue weighted by molar-refractivity contribution is 0.144. The number of carbonyl (C=O) groups excluding carboxylic acids is 1. The number of aryl methyl sites for hydroxylation is 2. The molecule has 0 aromatic carbocycles. The molecule has 2 N–H and O–H groups in total. The molecule has 0 spiro atoms. The zero-order chi connectivity index (χ0) is 14.5. The van der Waals surface area contributed by atoms with E-state index < -0.39 is 6.10 Å². The van der Waals surface area contributed by atoms with Crippen molar-refractivity contribution in [1.29, 1.82) is 0 Å². The van der Waals surface area contributed by atoms with Crippen LogP contribution in [0.2, 0.25) is 0 Å². The first-order chi connectivity index (χ1) is 9.56. The fourth-order valence-corrected chi connectivity index (χ4v) is 3.79. The highest BCUT2D eigenvalue weighted by Crippen LogP contribution is 2.28. The van der Waals surface area contributed by atoms with Gasteiger partial charge in [-0.1, -0.05) is 6.42 Å². The van der Waals surface area contributed by atoms with Crippen LogP contribution < -0.4 is 5.32 Å². The molecule has 112 valence electrons. The second kappa shape index (κ2) is 7.09. The van der Waals surface area contributed by atoms with E-state index in [1.165, 1.54) is 52.3 Å². The first-order valence-electron chi connectivity index (χ1n) is 7.33. The Hall–Kier alpha value is -1.07. The summed E-state index contributed by atoms with van der Waals surface area (Å²) in [7, 11) is 1.70. The van der Waals surface area contributed by atoms with Crippen molar-refractivity contribution in [3.63, 3.8) is 0 Å². The van der Waals surface area contributed by atoms with Crippen LogP contribution in [0.15, 0.2) is 6.07 Å². The van der Waals surface area contributed by atoms with Gasteiger partial charge in [0.25, 0.3) is 0 Å². The number of thiophene rings is 1. The molecule has 1 heterocycles. The van der Waals surface area contributed by atoms with Gasteiger partial charge in [-0.15, -0.1) is 11.3 Å². The molecule has 1 aliphatic rings. The Morgan fingerprint density at radius 3 is 2.95 bits per heavy atom. The molecule has 1 aliphatic carbocycles. The SMILES string of the molecule is C[C@H](O)CN(C)C(=O)NCc1cc2c(s1)CCCCC2. The molecule has 0 radical (unpaired) electrons. The van der Waals surface area contributed by atoms with Gasteiger partial charge < -0.3 is 15.3 Å². The zero-order valence-corrected chi connectivity index (χ0v) is 13.1. The van der Waals surface area contributed by atoms with E-state index in [1.807, 2.05) is 11.3 Å². The smallest absolute Gasteiger partial charge is 0.317 e. The fourth-order valence-electron chi connectivity index (χ4n) is 2.59. The molecule has 1 aromatic rings. The van der Waals surface area contributed by atoms with E-state index in [0.29, 0.717) is 13.1 Å². The number of likely N-dealkylation sites (N-methyl/N-ethyl adjacent to an activating group) is 1. The van der Waals surface area contributed by atoms with E-state index in [-0.39, 0.29) is 6.03 Å². The standard InChI is InChI=1S/C15H24N2O2S/c1-11(18)10-17(2)15(19)16-9-13-8-12-6-4-3-5-7-14(12)20-13/h8,11,18H,3-7,9-10H2,1-2H3,(H,16,19)/t11-/m0/s1. The van der Waals surface area contributed by atoms with E-state index in [1.54, 1.807) is 14.0 Å². The average Bonchev–Trinajstić information content (AvgIpc) is 2.65. The van der Waals surface area contributed by atoms with Gasteiger partial charge in [-0.3, -0.25) is 0 Å². The van der Waals surface area contributed by atoms with Crippen LogP contribution in [-0.4, -0.2) is 35.7 Å². The molecular formula is C15H24N2O2S. The Morgan fingerprint density at radius 2 is 2.20 bits per heavy atom. The van der Waals surface area contributed by atoms with Crippen molar-refractivity contribution >= 4 is 17.4 Å². The number of urea groups is 1. The van der Waals surface area contributed by atoms with Gasteiger partial charge in [-0.2, -0.15) is 0 Å². The molecule has 20 heavy (non-hydrogen) atoms. The van der Waals surface area contributed by atoms with Crippen molar-refractivity contribution in [2.75, 3.05) is 13.6 Å². The molecule has 1 atom stereocenters. The van der Waals surface area contributed by atoms with Gasteiger partial charge >= 0.3 is 6.03 Å². The van der Waals surface area contributed by atoms with Crippen molar-refractivity contribution in [2.24, 2.45) is 0 Å². The lowest BCUT2D eigenvalue weighted by Crippen LogP contribution is -2.40. The molecule has 2 rings (SSSR count). The number of fused-ring (bicyclic) bond motifs is 1. The van der Waals surface area contributed by atoms with Crippen LogP contribution in [-0.2, 0) is 19.4 Å². The van der Waals surface area contributed by atoms with Gasteiger partial charge in [-0.25, -0.2) is 4.79 Å². The van der Waals surface area contributed by atoms with Gasteiger partial charge in [-0.05, 0) is 44.2 Å². The molecule has 4 nitrogen and oxygen atoms in total. The topological polar surface area (TPSA) is 52.6 Å². The predicted molar refractivity (Wildman–Crippen MR) is 82.1 cm³/mol. The Morgan fingerprint density at radius 1 is 1.45 bits per heavy atom. The molecule has 5 heteroatoms.